The van der Waals surface area contributed by atoms with Crippen molar-refractivity contribution < 1.29 is 14.3 Å². The summed E-state index contributed by atoms with van der Waals surface area (Å²) in [7, 11) is 1.63. The molecule has 0 spiro atoms. The van der Waals surface area contributed by atoms with Crippen LogP contribution in [0.15, 0.2) is 42.5 Å². The Bertz CT molecular complexity index is 755. The lowest BCUT2D eigenvalue weighted by atomic mass is 10.0. The van der Waals surface area contributed by atoms with Crippen molar-refractivity contribution in [3.05, 3.63) is 59.2 Å². The molecule has 0 unspecified atom stereocenters. The number of anilines is 1. The number of carbonyl (C=O) groups is 1. The third-order valence-corrected chi connectivity index (χ3v) is 3.47. The Kier molecular flexibility index (Phi) is 6.27. The van der Waals surface area contributed by atoms with Gasteiger partial charge in [0, 0.05) is 23.2 Å². The Labute approximate surface area is 142 Å². The van der Waals surface area contributed by atoms with Crippen molar-refractivity contribution in [1.29, 1.82) is 0 Å². The number of esters is 1. The molecule has 0 saturated heterocycles. The summed E-state index contributed by atoms with van der Waals surface area (Å²) < 4.78 is 10.1. The van der Waals surface area contributed by atoms with Crippen LogP contribution in [0, 0.1) is 11.8 Å². The molecule has 0 aliphatic carbocycles. The van der Waals surface area contributed by atoms with E-state index in [0.29, 0.717) is 25.1 Å². The molecule has 4 nitrogen and oxygen atoms in total. The van der Waals surface area contributed by atoms with Crippen molar-refractivity contribution in [1.82, 2.24) is 0 Å². The molecule has 2 rings (SSSR count). The van der Waals surface area contributed by atoms with E-state index >= 15 is 0 Å². The molecular weight excluding hydrogens is 302 g/mol. The van der Waals surface area contributed by atoms with Crippen LogP contribution in [0.4, 0.5) is 5.69 Å². The lowest BCUT2D eigenvalue weighted by molar-refractivity contribution is -0.143. The Balaban J connectivity index is 2.11. The summed E-state index contributed by atoms with van der Waals surface area (Å²) in [5.41, 5.74) is 9.26. The smallest absolute Gasteiger partial charge is 0.306 e. The normalized spacial score (nSPS) is 9.75. The predicted octanol–water partition coefficient (Wildman–Crippen LogP) is 3.17. The van der Waals surface area contributed by atoms with Crippen molar-refractivity contribution in [3.63, 3.8) is 0 Å². The monoisotopic (exact) mass is 323 g/mol. The number of hydrogen-bond donors (Lipinski definition) is 1. The minimum atomic E-state index is -0.194. The molecule has 0 bridgehead atoms. The van der Waals surface area contributed by atoms with Gasteiger partial charge in [-0.25, -0.2) is 0 Å². The lowest BCUT2D eigenvalue weighted by Crippen LogP contribution is -2.05. The Morgan fingerprint density at radius 2 is 1.88 bits per heavy atom. The summed E-state index contributed by atoms with van der Waals surface area (Å²) in [5, 5.41) is 0. The summed E-state index contributed by atoms with van der Waals surface area (Å²) in [6.45, 7) is 2.20. The molecule has 0 aliphatic rings. The molecule has 4 heteroatoms. The summed E-state index contributed by atoms with van der Waals surface area (Å²) in [4.78, 5) is 11.4. The number of ether oxygens (including phenoxy) is 2. The van der Waals surface area contributed by atoms with E-state index in [-0.39, 0.29) is 5.97 Å². The molecule has 2 aromatic carbocycles. The first kappa shape index (κ1) is 17.4. The van der Waals surface area contributed by atoms with E-state index in [1.807, 2.05) is 42.5 Å². The third kappa shape index (κ3) is 5.06. The maximum Gasteiger partial charge on any atom is 0.306 e. The number of rotatable bonds is 5. The van der Waals surface area contributed by atoms with Gasteiger partial charge < -0.3 is 15.2 Å². The summed E-state index contributed by atoms with van der Waals surface area (Å²) in [5.74, 6) is 6.77. The molecule has 2 N–H and O–H groups in total. The van der Waals surface area contributed by atoms with Gasteiger partial charge in [-0.15, -0.1) is 0 Å². The van der Waals surface area contributed by atoms with Gasteiger partial charge in [0.15, 0.2) is 0 Å². The molecule has 0 atom stereocenters. The lowest BCUT2D eigenvalue weighted by Gasteiger charge is -2.05. The van der Waals surface area contributed by atoms with Crippen LogP contribution in [0.25, 0.3) is 0 Å². The minimum Gasteiger partial charge on any atom is -0.497 e. The van der Waals surface area contributed by atoms with Crippen LogP contribution in [-0.4, -0.2) is 19.7 Å². The number of nitrogens with two attached hydrogens (primary N) is 1. The molecule has 0 heterocycles. The first-order valence-electron chi connectivity index (χ1n) is 7.82. The van der Waals surface area contributed by atoms with Crippen LogP contribution in [-0.2, 0) is 16.0 Å². The zero-order valence-electron chi connectivity index (χ0n) is 14.0. The molecule has 124 valence electrons. The SMILES string of the molecule is CCOC(=O)CCc1ccc(N)c(C#Cc2ccc(OC)cc2)c1. The van der Waals surface area contributed by atoms with Crippen LogP contribution in [0.1, 0.15) is 30.0 Å². The maximum absolute atomic E-state index is 11.4. The fraction of sp³-hybridized carbons (Fsp3) is 0.250. The highest BCUT2D eigenvalue weighted by Gasteiger charge is 2.04. The van der Waals surface area contributed by atoms with Gasteiger partial charge >= 0.3 is 5.97 Å². The molecule has 2 aromatic rings. The zero-order valence-corrected chi connectivity index (χ0v) is 14.0. The summed E-state index contributed by atoms with van der Waals surface area (Å²) in [6.07, 6.45) is 0.958. The number of aryl methyl sites for hydroxylation is 1. The van der Waals surface area contributed by atoms with Gasteiger partial charge in [-0.1, -0.05) is 17.9 Å². The summed E-state index contributed by atoms with van der Waals surface area (Å²) >= 11 is 0. The molecule has 0 radical (unpaired) electrons. The van der Waals surface area contributed by atoms with E-state index in [9.17, 15) is 4.79 Å². The highest BCUT2D eigenvalue weighted by atomic mass is 16.5. The van der Waals surface area contributed by atoms with Gasteiger partial charge in [-0.3, -0.25) is 4.79 Å². The van der Waals surface area contributed by atoms with Crippen LogP contribution in [0.2, 0.25) is 0 Å². The Morgan fingerprint density at radius 1 is 1.12 bits per heavy atom. The van der Waals surface area contributed by atoms with E-state index < -0.39 is 0 Å². The Hall–Kier alpha value is -2.93. The van der Waals surface area contributed by atoms with Crippen molar-refractivity contribution in [2.24, 2.45) is 0 Å². The number of carbonyl (C=O) groups excluding carboxylic acids is 1. The van der Waals surface area contributed by atoms with Gasteiger partial charge in [0.25, 0.3) is 0 Å². The van der Waals surface area contributed by atoms with Crippen LogP contribution in [0.3, 0.4) is 0 Å². The largest absolute Gasteiger partial charge is 0.497 e. The second-order valence-electron chi connectivity index (χ2n) is 5.21. The van der Waals surface area contributed by atoms with Crippen molar-refractivity contribution >= 4 is 11.7 Å². The standard InChI is InChI=1S/C20H21NO3/c1-3-24-20(22)13-8-16-7-12-19(21)17(14-16)9-4-15-5-10-18(23-2)11-6-15/h5-7,10-12,14H,3,8,13,21H2,1-2H3. The van der Waals surface area contributed by atoms with Crippen molar-refractivity contribution in [3.8, 4) is 17.6 Å². The molecular formula is C20H21NO3. The number of methoxy groups -OCH3 is 1. The minimum absolute atomic E-state index is 0.194. The molecule has 0 amide bonds. The summed E-state index contributed by atoms with van der Waals surface area (Å²) in [6, 6.07) is 13.2. The molecule has 0 fully saturated rings. The van der Waals surface area contributed by atoms with Crippen LogP contribution >= 0.6 is 0 Å². The van der Waals surface area contributed by atoms with Gasteiger partial charge in [0.05, 0.1) is 13.7 Å². The van der Waals surface area contributed by atoms with Gasteiger partial charge in [0.1, 0.15) is 5.75 Å². The molecule has 0 aromatic heterocycles. The number of hydrogen-bond acceptors (Lipinski definition) is 4. The van der Waals surface area contributed by atoms with E-state index in [1.165, 1.54) is 0 Å². The van der Waals surface area contributed by atoms with E-state index in [1.54, 1.807) is 14.0 Å². The quantitative estimate of drug-likeness (QED) is 0.521. The van der Waals surface area contributed by atoms with Gasteiger partial charge in [0.2, 0.25) is 0 Å². The highest BCUT2D eigenvalue weighted by molar-refractivity contribution is 5.70. The fourth-order valence-corrected chi connectivity index (χ4v) is 2.16. The molecule has 0 saturated carbocycles. The average Bonchev–Trinajstić information content (AvgIpc) is 2.60. The fourth-order valence-electron chi connectivity index (χ4n) is 2.16. The van der Waals surface area contributed by atoms with E-state index in [4.69, 9.17) is 15.2 Å². The van der Waals surface area contributed by atoms with E-state index in [2.05, 4.69) is 11.8 Å². The first-order chi connectivity index (χ1) is 11.6. The van der Waals surface area contributed by atoms with Crippen molar-refractivity contribution in [2.75, 3.05) is 19.5 Å². The average molecular weight is 323 g/mol. The highest BCUT2D eigenvalue weighted by Crippen LogP contribution is 2.15. The number of benzene rings is 2. The van der Waals surface area contributed by atoms with E-state index in [0.717, 1.165) is 22.4 Å². The maximum atomic E-state index is 11.4. The molecule has 24 heavy (non-hydrogen) atoms. The molecule has 0 aliphatic heterocycles. The zero-order chi connectivity index (χ0) is 17.4. The predicted molar refractivity (Wildman–Crippen MR) is 94.8 cm³/mol. The van der Waals surface area contributed by atoms with Crippen LogP contribution < -0.4 is 10.5 Å². The number of nitrogen functional groups attached to an aromatic ring is 1. The first-order valence-corrected chi connectivity index (χ1v) is 7.82. The topological polar surface area (TPSA) is 61.5 Å². The van der Waals surface area contributed by atoms with Gasteiger partial charge in [-0.05, 0) is 55.3 Å². The third-order valence-electron chi connectivity index (χ3n) is 3.47. The second-order valence-corrected chi connectivity index (χ2v) is 5.21. The van der Waals surface area contributed by atoms with Gasteiger partial charge in [-0.2, -0.15) is 0 Å². The van der Waals surface area contributed by atoms with Crippen LogP contribution in [0.5, 0.6) is 5.75 Å². The second kappa shape index (κ2) is 8.64. The van der Waals surface area contributed by atoms with Crippen molar-refractivity contribution in [2.45, 2.75) is 19.8 Å². The Morgan fingerprint density at radius 3 is 2.54 bits per heavy atom.